The maximum atomic E-state index is 13.7. The lowest BCUT2D eigenvalue weighted by Gasteiger charge is -2.36. The lowest BCUT2D eigenvalue weighted by molar-refractivity contribution is -0.322. The van der Waals surface area contributed by atoms with E-state index in [4.69, 9.17) is 4.79 Å². The Kier molecular flexibility index (Phi) is 7.94. The number of rotatable bonds is 5. The number of amides is 1. The highest BCUT2D eigenvalue weighted by atomic mass is 32.2. The van der Waals surface area contributed by atoms with Crippen LogP contribution in [0.5, 0.6) is 5.75 Å². The summed E-state index contributed by atoms with van der Waals surface area (Å²) in [6.07, 6.45) is -11.1. The Bertz CT molecular complexity index is 792. The second-order valence-corrected chi connectivity index (χ2v) is 6.81. The molecule has 0 saturated carbocycles. The number of carbonyl (C=O) groups excluding carboxylic acids is 1. The van der Waals surface area contributed by atoms with Gasteiger partial charge in [0.05, 0.1) is 4.90 Å². The van der Waals surface area contributed by atoms with Gasteiger partial charge in [0, 0.05) is 0 Å². The molecule has 0 fully saturated rings. The van der Waals surface area contributed by atoms with Gasteiger partial charge in [-0.15, -0.1) is 13.2 Å². The first-order valence-corrected chi connectivity index (χ1v) is 8.14. The van der Waals surface area contributed by atoms with E-state index in [0.717, 1.165) is 0 Å². The van der Waals surface area contributed by atoms with Crippen molar-refractivity contribution >= 4 is 16.4 Å². The van der Waals surface area contributed by atoms with Gasteiger partial charge in [-0.1, -0.05) is 4.41 Å². The molecule has 7 nitrogen and oxygen atoms in total. The van der Waals surface area contributed by atoms with Crippen molar-refractivity contribution in [2.45, 2.75) is 36.1 Å². The molecule has 0 aromatic heterocycles. The van der Waals surface area contributed by atoms with Gasteiger partial charge in [-0.2, -0.15) is 22.0 Å². The van der Waals surface area contributed by atoms with E-state index in [1.54, 1.807) is 0 Å². The van der Waals surface area contributed by atoms with Crippen LogP contribution in [0.2, 0.25) is 0 Å². The van der Waals surface area contributed by atoms with Crippen LogP contribution in [0.3, 0.4) is 0 Å². The maximum Gasteiger partial charge on any atom is 0.573 e. The SMILES string of the molecule is CC(F)(C(F)(F)F)C(F)(F)N(N)S(=O)(=O)c1ccc(OC(F)(F)F)cc1.NC=O. The monoisotopic (exact) mass is 465 g/mol. The van der Waals surface area contributed by atoms with Crippen LogP contribution in [0.15, 0.2) is 29.2 Å². The van der Waals surface area contributed by atoms with E-state index in [9.17, 15) is 47.9 Å². The van der Waals surface area contributed by atoms with Gasteiger partial charge in [0.1, 0.15) is 5.75 Å². The zero-order valence-electron chi connectivity index (χ0n) is 13.9. The molecular formula is C12H12F9N3O4S. The van der Waals surface area contributed by atoms with Crippen molar-refractivity contribution in [2.24, 2.45) is 11.6 Å². The van der Waals surface area contributed by atoms with Crippen LogP contribution in [0.25, 0.3) is 0 Å². The van der Waals surface area contributed by atoms with E-state index >= 15 is 0 Å². The number of ether oxygens (including phenoxy) is 1. The van der Waals surface area contributed by atoms with Gasteiger partial charge in [-0.05, 0) is 31.2 Å². The second-order valence-electron chi connectivity index (χ2n) is 5.00. The van der Waals surface area contributed by atoms with Crippen molar-refractivity contribution in [3.05, 3.63) is 24.3 Å². The molecule has 1 rings (SSSR count). The molecule has 0 heterocycles. The topological polar surface area (TPSA) is 116 Å². The lowest BCUT2D eigenvalue weighted by atomic mass is 10.1. The molecule has 0 radical (unpaired) electrons. The maximum absolute atomic E-state index is 13.7. The number of alkyl halides is 9. The number of primary amides is 1. The molecule has 1 amide bonds. The first kappa shape index (κ1) is 26.7. The average Bonchev–Trinajstić information content (AvgIpc) is 2.52. The number of halogens is 9. The molecule has 168 valence electrons. The number of nitrogens with two attached hydrogens (primary N) is 2. The van der Waals surface area contributed by atoms with E-state index in [0.29, 0.717) is 24.3 Å². The van der Waals surface area contributed by atoms with E-state index in [1.807, 2.05) is 0 Å². The summed E-state index contributed by atoms with van der Waals surface area (Å²) < 4.78 is 140. The highest BCUT2D eigenvalue weighted by Crippen LogP contribution is 2.47. The summed E-state index contributed by atoms with van der Waals surface area (Å²) in [4.78, 5) is 7.35. The highest BCUT2D eigenvalue weighted by Gasteiger charge is 2.72. The largest absolute Gasteiger partial charge is 0.573 e. The number of carbonyl (C=O) groups is 1. The van der Waals surface area contributed by atoms with E-state index in [-0.39, 0.29) is 6.41 Å². The summed E-state index contributed by atoms with van der Waals surface area (Å²) in [6.45, 7) is -0.622. The molecule has 0 aliphatic carbocycles. The third kappa shape index (κ3) is 6.10. The minimum absolute atomic E-state index is 0.250. The van der Waals surface area contributed by atoms with Gasteiger partial charge in [-0.3, -0.25) is 4.79 Å². The molecule has 0 saturated heterocycles. The molecule has 4 N–H and O–H groups in total. The Labute approximate surface area is 157 Å². The Morgan fingerprint density at radius 2 is 1.34 bits per heavy atom. The minimum Gasteiger partial charge on any atom is -0.406 e. The number of sulfonamides is 1. The van der Waals surface area contributed by atoms with E-state index in [1.165, 1.54) is 0 Å². The molecule has 1 atom stereocenters. The van der Waals surface area contributed by atoms with E-state index < -0.39 is 56.3 Å². The summed E-state index contributed by atoms with van der Waals surface area (Å²) in [7, 11) is -5.62. The third-order valence-corrected chi connectivity index (χ3v) is 4.60. The van der Waals surface area contributed by atoms with Gasteiger partial charge in [0.25, 0.3) is 15.7 Å². The van der Waals surface area contributed by atoms with Crippen molar-refractivity contribution in [1.29, 1.82) is 0 Å². The molecule has 0 bridgehead atoms. The van der Waals surface area contributed by atoms with Crippen LogP contribution in [0.1, 0.15) is 6.92 Å². The van der Waals surface area contributed by atoms with Gasteiger partial charge < -0.3 is 10.5 Å². The van der Waals surface area contributed by atoms with Gasteiger partial charge in [0.15, 0.2) is 0 Å². The second kappa shape index (κ2) is 8.62. The minimum atomic E-state index is -6.19. The van der Waals surface area contributed by atoms with Gasteiger partial charge >= 0.3 is 18.6 Å². The summed E-state index contributed by atoms with van der Waals surface area (Å²) in [5, 5.41) is 0. The Hall–Kier alpha value is -2.27. The standard InChI is InChI=1S/C11H9F9N2O3S.CH3NO/c1-8(12,9(13,14)15)10(16,17)22(21)26(23,24)7-4-2-6(3-5-7)25-11(18,19)20;2-1-3/h2-5H,21H2,1H3;1H,(H2,2,3). The fraction of sp³-hybridized carbons (Fsp3) is 0.417. The van der Waals surface area contributed by atoms with Crippen LogP contribution >= 0.6 is 0 Å². The first-order valence-electron chi connectivity index (χ1n) is 6.70. The van der Waals surface area contributed by atoms with Crippen molar-refractivity contribution in [3.8, 4) is 5.75 Å². The van der Waals surface area contributed by atoms with Gasteiger partial charge in [0.2, 0.25) is 6.41 Å². The molecule has 29 heavy (non-hydrogen) atoms. The predicted molar refractivity (Wildman–Crippen MR) is 77.1 cm³/mol. The van der Waals surface area contributed by atoms with Crippen LogP contribution in [0, 0.1) is 0 Å². The molecule has 1 aromatic carbocycles. The number of hydrogen-bond donors (Lipinski definition) is 2. The smallest absolute Gasteiger partial charge is 0.406 e. The highest BCUT2D eigenvalue weighted by molar-refractivity contribution is 7.89. The summed E-state index contributed by atoms with van der Waals surface area (Å²) >= 11 is 0. The normalized spacial score (nSPS) is 15.2. The molecule has 0 aliphatic rings. The zero-order chi connectivity index (χ0) is 23.5. The van der Waals surface area contributed by atoms with Crippen LogP contribution in [0.4, 0.5) is 39.5 Å². The lowest BCUT2D eigenvalue weighted by Crippen LogP contribution is -2.65. The fourth-order valence-corrected chi connectivity index (χ4v) is 2.64. The fourth-order valence-electron chi connectivity index (χ4n) is 1.46. The van der Waals surface area contributed by atoms with Crippen LogP contribution in [-0.2, 0) is 14.8 Å². The summed E-state index contributed by atoms with van der Waals surface area (Å²) in [6, 6.07) is -4.41. The number of hydrazine groups is 1. The zero-order valence-corrected chi connectivity index (χ0v) is 14.7. The number of nitrogens with zero attached hydrogens (tertiary/aromatic N) is 1. The van der Waals surface area contributed by atoms with E-state index in [2.05, 4.69) is 16.3 Å². The number of benzene rings is 1. The van der Waals surface area contributed by atoms with Crippen LogP contribution < -0.4 is 16.3 Å². The van der Waals surface area contributed by atoms with Crippen molar-refractivity contribution in [3.63, 3.8) is 0 Å². The molecule has 0 aliphatic heterocycles. The Balaban J connectivity index is 0.00000245. The predicted octanol–water partition coefficient (Wildman–Crippen LogP) is 2.43. The molecule has 0 spiro atoms. The summed E-state index contributed by atoms with van der Waals surface area (Å²) in [5.74, 6) is 3.58. The average molecular weight is 465 g/mol. The molecule has 1 unspecified atom stereocenters. The molecule has 1 aromatic rings. The van der Waals surface area contributed by atoms with Crippen molar-refractivity contribution in [1.82, 2.24) is 4.41 Å². The Morgan fingerprint density at radius 1 is 0.966 bits per heavy atom. The van der Waals surface area contributed by atoms with Crippen LogP contribution in [-0.4, -0.2) is 43.5 Å². The third-order valence-electron chi connectivity index (χ3n) is 2.99. The molecule has 17 heteroatoms. The Morgan fingerprint density at radius 3 is 1.66 bits per heavy atom. The van der Waals surface area contributed by atoms with Crippen molar-refractivity contribution < 1.29 is 57.5 Å². The summed E-state index contributed by atoms with van der Waals surface area (Å²) in [5.41, 5.74) is -1.19. The van der Waals surface area contributed by atoms with Gasteiger partial charge in [-0.25, -0.2) is 18.7 Å². The quantitative estimate of drug-likeness (QED) is 0.228. The molecular weight excluding hydrogens is 453 g/mol. The number of hydrogen-bond acceptors (Lipinski definition) is 5. The first-order chi connectivity index (χ1) is 12.8. The van der Waals surface area contributed by atoms with Crippen molar-refractivity contribution in [2.75, 3.05) is 0 Å².